The van der Waals surface area contributed by atoms with E-state index in [-0.39, 0.29) is 17.5 Å². The van der Waals surface area contributed by atoms with Gasteiger partial charge in [0.05, 0.1) is 18.1 Å². The number of thiocarbonyl (C=S) groups is 1. The van der Waals surface area contributed by atoms with E-state index in [1.807, 2.05) is 23.3 Å². The van der Waals surface area contributed by atoms with Gasteiger partial charge in [-0.2, -0.15) is 0 Å². The van der Waals surface area contributed by atoms with Crippen molar-refractivity contribution in [1.82, 2.24) is 10.2 Å². The summed E-state index contributed by atoms with van der Waals surface area (Å²) in [6, 6.07) is 4.08. The van der Waals surface area contributed by atoms with Crippen LogP contribution in [0.25, 0.3) is 0 Å². The molecule has 0 spiro atoms. The molecule has 1 N–H and O–H groups in total. The van der Waals surface area contributed by atoms with Crippen molar-refractivity contribution in [2.24, 2.45) is 0 Å². The van der Waals surface area contributed by atoms with Crippen molar-refractivity contribution in [2.45, 2.75) is 25.9 Å². The van der Waals surface area contributed by atoms with Crippen LogP contribution in [-0.4, -0.2) is 42.5 Å². The van der Waals surface area contributed by atoms with E-state index in [0.717, 1.165) is 6.54 Å². The third kappa shape index (κ3) is 3.90. The van der Waals surface area contributed by atoms with Crippen LogP contribution in [0.3, 0.4) is 0 Å². The van der Waals surface area contributed by atoms with E-state index in [0.29, 0.717) is 18.1 Å². The standard InChI is InChI=1S/C12H18N2O2S3/c1-2-14(10-5-7-19(15,16)9-10)12(17)13-8-11-4-3-6-18-11/h3-4,6,10H,2,5,7-9H2,1H3,(H,13,17). The highest BCUT2D eigenvalue weighted by Crippen LogP contribution is 2.18. The predicted molar refractivity (Wildman–Crippen MR) is 83.2 cm³/mol. The van der Waals surface area contributed by atoms with Gasteiger partial charge in [-0.3, -0.25) is 0 Å². The molecule has 1 aromatic heterocycles. The molecule has 1 saturated heterocycles. The number of nitrogens with one attached hydrogen (secondary N) is 1. The molecule has 1 aromatic rings. The number of nitrogens with zero attached hydrogens (tertiary/aromatic N) is 1. The van der Waals surface area contributed by atoms with E-state index in [9.17, 15) is 8.42 Å². The zero-order chi connectivity index (χ0) is 13.9. The Morgan fingerprint density at radius 1 is 1.63 bits per heavy atom. The van der Waals surface area contributed by atoms with Crippen LogP contribution in [0.15, 0.2) is 17.5 Å². The molecule has 0 saturated carbocycles. The second-order valence-corrected chi connectivity index (χ2v) is 8.23. The van der Waals surface area contributed by atoms with Gasteiger partial charge in [-0.05, 0) is 37.0 Å². The van der Waals surface area contributed by atoms with Gasteiger partial charge in [0.25, 0.3) is 0 Å². The molecule has 106 valence electrons. The molecule has 0 amide bonds. The summed E-state index contributed by atoms with van der Waals surface area (Å²) < 4.78 is 23.1. The van der Waals surface area contributed by atoms with E-state index < -0.39 is 9.84 Å². The molecule has 2 heterocycles. The molecular weight excluding hydrogens is 300 g/mol. The van der Waals surface area contributed by atoms with Gasteiger partial charge in [0.1, 0.15) is 0 Å². The van der Waals surface area contributed by atoms with Crippen LogP contribution in [-0.2, 0) is 16.4 Å². The summed E-state index contributed by atoms with van der Waals surface area (Å²) in [7, 11) is -2.87. The summed E-state index contributed by atoms with van der Waals surface area (Å²) in [5, 5.41) is 5.89. The average molecular weight is 318 g/mol. The summed E-state index contributed by atoms with van der Waals surface area (Å²) in [6.45, 7) is 3.44. The van der Waals surface area contributed by atoms with Gasteiger partial charge in [0.2, 0.25) is 0 Å². The molecule has 7 heteroatoms. The van der Waals surface area contributed by atoms with Crippen LogP contribution in [0.5, 0.6) is 0 Å². The smallest absolute Gasteiger partial charge is 0.169 e. The number of hydrogen-bond donors (Lipinski definition) is 1. The Morgan fingerprint density at radius 3 is 2.95 bits per heavy atom. The van der Waals surface area contributed by atoms with Gasteiger partial charge in [-0.1, -0.05) is 6.07 Å². The molecular formula is C12H18N2O2S3. The second-order valence-electron chi connectivity index (χ2n) is 4.58. The summed E-state index contributed by atoms with van der Waals surface area (Å²) >= 11 is 7.06. The van der Waals surface area contributed by atoms with E-state index in [1.54, 1.807) is 11.3 Å². The van der Waals surface area contributed by atoms with Crippen molar-refractivity contribution in [1.29, 1.82) is 0 Å². The van der Waals surface area contributed by atoms with Crippen molar-refractivity contribution in [3.8, 4) is 0 Å². The molecule has 1 aliphatic heterocycles. The summed E-state index contributed by atoms with van der Waals surface area (Å²) in [6.07, 6.45) is 0.678. The van der Waals surface area contributed by atoms with E-state index >= 15 is 0 Å². The number of thiophene rings is 1. The molecule has 1 aliphatic rings. The van der Waals surface area contributed by atoms with Gasteiger partial charge in [0.15, 0.2) is 14.9 Å². The Labute approximate surface area is 123 Å². The maximum absolute atomic E-state index is 11.5. The van der Waals surface area contributed by atoms with Crippen LogP contribution >= 0.6 is 23.6 Å². The SMILES string of the molecule is CCN(C(=S)NCc1cccs1)C1CCS(=O)(=O)C1. The Bertz CT molecular complexity index is 525. The third-order valence-electron chi connectivity index (χ3n) is 3.24. The first-order valence-corrected chi connectivity index (χ1v) is 9.40. The first-order chi connectivity index (χ1) is 9.02. The molecule has 1 atom stereocenters. The molecule has 1 unspecified atom stereocenters. The van der Waals surface area contributed by atoms with Gasteiger partial charge >= 0.3 is 0 Å². The topological polar surface area (TPSA) is 49.4 Å². The molecule has 2 rings (SSSR count). The molecule has 0 radical (unpaired) electrons. The maximum Gasteiger partial charge on any atom is 0.169 e. The minimum absolute atomic E-state index is 0.0262. The zero-order valence-corrected chi connectivity index (χ0v) is 13.3. The largest absolute Gasteiger partial charge is 0.358 e. The van der Waals surface area contributed by atoms with E-state index in [1.165, 1.54) is 4.88 Å². The predicted octanol–water partition coefficient (Wildman–Crippen LogP) is 1.63. The van der Waals surface area contributed by atoms with Crippen LogP contribution in [0.4, 0.5) is 0 Å². The first-order valence-electron chi connectivity index (χ1n) is 6.29. The first kappa shape index (κ1) is 14.7. The molecule has 0 aliphatic carbocycles. The van der Waals surface area contributed by atoms with E-state index in [2.05, 4.69) is 11.4 Å². The molecule has 0 bridgehead atoms. The summed E-state index contributed by atoms with van der Waals surface area (Å²) in [4.78, 5) is 3.21. The van der Waals surface area contributed by atoms with Gasteiger partial charge in [-0.15, -0.1) is 11.3 Å². The molecule has 0 aromatic carbocycles. The van der Waals surface area contributed by atoms with Crippen molar-refractivity contribution < 1.29 is 8.42 Å². The Kier molecular flexibility index (Phi) is 4.81. The summed E-state index contributed by atoms with van der Waals surface area (Å²) in [5.41, 5.74) is 0. The Balaban J connectivity index is 1.92. The average Bonchev–Trinajstić information content (AvgIpc) is 2.97. The lowest BCUT2D eigenvalue weighted by atomic mass is 10.2. The monoisotopic (exact) mass is 318 g/mol. The van der Waals surface area contributed by atoms with Crippen molar-refractivity contribution in [2.75, 3.05) is 18.1 Å². The van der Waals surface area contributed by atoms with Crippen LogP contribution in [0.1, 0.15) is 18.2 Å². The van der Waals surface area contributed by atoms with Gasteiger partial charge in [-0.25, -0.2) is 8.42 Å². The zero-order valence-electron chi connectivity index (χ0n) is 10.8. The van der Waals surface area contributed by atoms with Crippen LogP contribution in [0.2, 0.25) is 0 Å². The Morgan fingerprint density at radius 2 is 2.42 bits per heavy atom. The maximum atomic E-state index is 11.5. The lowest BCUT2D eigenvalue weighted by Gasteiger charge is -2.29. The minimum Gasteiger partial charge on any atom is -0.358 e. The van der Waals surface area contributed by atoms with E-state index in [4.69, 9.17) is 12.2 Å². The lowest BCUT2D eigenvalue weighted by Crippen LogP contribution is -2.46. The lowest BCUT2D eigenvalue weighted by molar-refractivity contribution is 0.345. The molecule has 4 nitrogen and oxygen atoms in total. The van der Waals surface area contributed by atoms with Crippen molar-refractivity contribution in [3.63, 3.8) is 0 Å². The third-order valence-corrected chi connectivity index (χ3v) is 6.25. The number of hydrogen-bond acceptors (Lipinski definition) is 4. The highest BCUT2D eigenvalue weighted by atomic mass is 32.2. The minimum atomic E-state index is -2.87. The molecule has 19 heavy (non-hydrogen) atoms. The van der Waals surface area contributed by atoms with Crippen LogP contribution in [0, 0.1) is 0 Å². The van der Waals surface area contributed by atoms with Crippen molar-refractivity contribution >= 4 is 38.5 Å². The number of rotatable bonds is 4. The Hall–Kier alpha value is -0.660. The normalized spacial score (nSPS) is 21.2. The fourth-order valence-corrected chi connectivity index (χ4v) is 4.99. The van der Waals surface area contributed by atoms with Gasteiger partial charge < -0.3 is 10.2 Å². The fraction of sp³-hybridized carbons (Fsp3) is 0.583. The highest BCUT2D eigenvalue weighted by Gasteiger charge is 2.32. The number of sulfone groups is 1. The highest BCUT2D eigenvalue weighted by molar-refractivity contribution is 7.91. The van der Waals surface area contributed by atoms with Crippen molar-refractivity contribution in [3.05, 3.63) is 22.4 Å². The summed E-state index contributed by atoms with van der Waals surface area (Å²) in [5.74, 6) is 0.503. The quantitative estimate of drug-likeness (QED) is 0.855. The molecule has 1 fully saturated rings. The van der Waals surface area contributed by atoms with Gasteiger partial charge in [0, 0.05) is 17.5 Å². The fourth-order valence-electron chi connectivity index (χ4n) is 2.27. The van der Waals surface area contributed by atoms with Crippen LogP contribution < -0.4 is 5.32 Å². The second kappa shape index (κ2) is 6.19.